The smallest absolute Gasteiger partial charge is 0.352 e. The fraction of sp³-hybridized carbons (Fsp3) is 0.350. The Kier molecular flexibility index (Phi) is 7.24. The van der Waals surface area contributed by atoms with Gasteiger partial charge in [-0.1, -0.05) is 36.4 Å². The maximum atomic E-state index is 12.8. The third-order valence-electron chi connectivity index (χ3n) is 3.89. The van der Waals surface area contributed by atoms with Crippen molar-refractivity contribution in [1.29, 1.82) is 0 Å². The van der Waals surface area contributed by atoms with Gasteiger partial charge >= 0.3 is 6.18 Å². The van der Waals surface area contributed by atoms with Gasteiger partial charge in [-0.2, -0.15) is 13.2 Å². The molecule has 2 rings (SSSR count). The molecular weight excluding hydrogens is 353 g/mol. The van der Waals surface area contributed by atoms with Crippen LogP contribution in [0.2, 0.25) is 0 Å². The summed E-state index contributed by atoms with van der Waals surface area (Å²) in [7, 11) is 5.67. The van der Waals surface area contributed by atoms with Gasteiger partial charge in [0.2, 0.25) is 0 Å². The van der Waals surface area contributed by atoms with Crippen LogP contribution in [-0.2, 0) is 25.8 Å². The van der Waals surface area contributed by atoms with Crippen molar-refractivity contribution in [3.8, 4) is 0 Å². The summed E-state index contributed by atoms with van der Waals surface area (Å²) in [5, 5.41) is 6.23. The molecule has 0 unspecified atom stereocenters. The van der Waals surface area contributed by atoms with Crippen LogP contribution in [0.3, 0.4) is 0 Å². The molecule has 27 heavy (non-hydrogen) atoms. The lowest BCUT2D eigenvalue weighted by atomic mass is 10.1. The molecule has 4 nitrogen and oxygen atoms in total. The third kappa shape index (κ3) is 6.94. The zero-order chi connectivity index (χ0) is 19.9. The second kappa shape index (κ2) is 9.41. The minimum absolute atomic E-state index is 0.254. The third-order valence-corrected chi connectivity index (χ3v) is 3.89. The zero-order valence-electron chi connectivity index (χ0n) is 15.8. The van der Waals surface area contributed by atoms with Crippen molar-refractivity contribution in [2.45, 2.75) is 25.8 Å². The second-order valence-corrected chi connectivity index (χ2v) is 6.54. The highest BCUT2D eigenvalue weighted by Crippen LogP contribution is 2.29. The fourth-order valence-electron chi connectivity index (χ4n) is 2.65. The molecule has 0 saturated heterocycles. The first kappa shape index (κ1) is 20.8. The van der Waals surface area contributed by atoms with Crippen molar-refractivity contribution < 1.29 is 13.2 Å². The van der Waals surface area contributed by atoms with E-state index < -0.39 is 11.7 Å². The van der Waals surface area contributed by atoms with E-state index in [1.54, 1.807) is 13.1 Å². The Morgan fingerprint density at radius 1 is 0.926 bits per heavy atom. The summed E-state index contributed by atoms with van der Waals surface area (Å²) < 4.78 is 38.4. The van der Waals surface area contributed by atoms with Crippen LogP contribution in [0, 0.1) is 0 Å². The van der Waals surface area contributed by atoms with E-state index in [0.717, 1.165) is 24.2 Å². The van der Waals surface area contributed by atoms with E-state index in [9.17, 15) is 13.2 Å². The summed E-state index contributed by atoms with van der Waals surface area (Å²) >= 11 is 0. The monoisotopic (exact) mass is 378 g/mol. The molecule has 0 spiro atoms. The summed E-state index contributed by atoms with van der Waals surface area (Å²) in [5.74, 6) is 0.533. The number of aliphatic imine (C=N–C) groups is 1. The second-order valence-electron chi connectivity index (χ2n) is 6.54. The minimum atomic E-state index is -4.34. The number of nitrogens with zero attached hydrogens (tertiary/aromatic N) is 2. The van der Waals surface area contributed by atoms with Gasteiger partial charge in [-0.15, -0.1) is 0 Å². The van der Waals surface area contributed by atoms with Crippen molar-refractivity contribution in [2.24, 2.45) is 4.99 Å². The maximum absolute atomic E-state index is 12.8. The van der Waals surface area contributed by atoms with Gasteiger partial charge < -0.3 is 15.5 Å². The number of halogens is 3. The standard InChI is InChI=1S/C20H25F3N4/c1-24-19(25-12-15-6-4-8-17(10-15)14-27(2)3)26-13-16-7-5-9-18(11-16)20(21,22)23/h4-11H,12-14H2,1-3H3,(H2,24,25,26). The molecular formula is C20H25F3N4. The van der Waals surface area contributed by atoms with E-state index in [2.05, 4.69) is 32.7 Å². The number of rotatable bonds is 6. The van der Waals surface area contributed by atoms with E-state index in [0.29, 0.717) is 18.1 Å². The summed E-state index contributed by atoms with van der Waals surface area (Å²) in [5.41, 5.74) is 2.21. The first-order valence-corrected chi connectivity index (χ1v) is 8.61. The van der Waals surface area contributed by atoms with Gasteiger partial charge in [0.15, 0.2) is 5.96 Å². The molecule has 0 aliphatic carbocycles. The highest BCUT2D eigenvalue weighted by molar-refractivity contribution is 5.79. The first-order valence-electron chi connectivity index (χ1n) is 8.61. The quantitative estimate of drug-likeness (QED) is 0.596. The Labute approximate surface area is 158 Å². The summed E-state index contributed by atoms with van der Waals surface area (Å²) in [4.78, 5) is 6.22. The SMILES string of the molecule is CN=C(NCc1cccc(CN(C)C)c1)NCc1cccc(C(F)(F)F)c1. The molecule has 0 amide bonds. The van der Waals surface area contributed by atoms with Crippen LogP contribution in [0.25, 0.3) is 0 Å². The lowest BCUT2D eigenvalue weighted by molar-refractivity contribution is -0.137. The zero-order valence-corrected chi connectivity index (χ0v) is 15.8. The molecule has 0 saturated carbocycles. The van der Waals surface area contributed by atoms with E-state index in [1.807, 2.05) is 26.2 Å². The van der Waals surface area contributed by atoms with Gasteiger partial charge in [-0.25, -0.2) is 0 Å². The molecule has 2 N–H and O–H groups in total. The molecule has 0 aliphatic rings. The maximum Gasteiger partial charge on any atom is 0.416 e. The minimum Gasteiger partial charge on any atom is -0.352 e. The summed E-state index contributed by atoms with van der Waals surface area (Å²) in [6.07, 6.45) is -4.34. The van der Waals surface area contributed by atoms with Crippen molar-refractivity contribution in [3.05, 3.63) is 70.8 Å². The molecule has 0 atom stereocenters. The molecule has 7 heteroatoms. The number of hydrogen-bond acceptors (Lipinski definition) is 2. The predicted octanol–water partition coefficient (Wildman–Crippen LogP) is 3.63. The van der Waals surface area contributed by atoms with Crippen LogP contribution in [0.15, 0.2) is 53.5 Å². The van der Waals surface area contributed by atoms with Gasteiger partial charge in [0.05, 0.1) is 5.56 Å². The summed E-state index contributed by atoms with van der Waals surface area (Å²) in [6.45, 7) is 1.68. The van der Waals surface area contributed by atoms with E-state index in [-0.39, 0.29) is 6.54 Å². The lowest BCUT2D eigenvalue weighted by Gasteiger charge is -2.14. The average Bonchev–Trinajstić information content (AvgIpc) is 2.61. The molecule has 2 aromatic rings. The fourth-order valence-corrected chi connectivity index (χ4v) is 2.65. The molecule has 146 valence electrons. The van der Waals surface area contributed by atoms with Crippen LogP contribution in [0.5, 0.6) is 0 Å². The molecule has 0 bridgehead atoms. The Morgan fingerprint density at radius 2 is 1.48 bits per heavy atom. The number of benzene rings is 2. The largest absolute Gasteiger partial charge is 0.416 e. The Bertz CT molecular complexity index is 770. The van der Waals surface area contributed by atoms with Crippen LogP contribution in [0.1, 0.15) is 22.3 Å². The average molecular weight is 378 g/mol. The lowest BCUT2D eigenvalue weighted by Crippen LogP contribution is -2.36. The van der Waals surface area contributed by atoms with Gasteiger partial charge in [-0.3, -0.25) is 4.99 Å². The summed E-state index contributed by atoms with van der Waals surface area (Å²) in [6, 6.07) is 13.5. The molecule has 0 aliphatic heterocycles. The van der Waals surface area contributed by atoms with Gasteiger partial charge in [0.25, 0.3) is 0 Å². The topological polar surface area (TPSA) is 39.7 Å². The Balaban J connectivity index is 1.92. The van der Waals surface area contributed by atoms with Crippen LogP contribution < -0.4 is 10.6 Å². The Hall–Kier alpha value is -2.54. The van der Waals surface area contributed by atoms with Gasteiger partial charge in [-0.05, 0) is 42.9 Å². The van der Waals surface area contributed by atoms with Crippen molar-refractivity contribution in [2.75, 3.05) is 21.1 Å². The van der Waals surface area contributed by atoms with E-state index >= 15 is 0 Å². The number of guanidine groups is 1. The molecule has 0 heterocycles. The predicted molar refractivity (Wildman–Crippen MR) is 102 cm³/mol. The van der Waals surface area contributed by atoms with E-state index in [4.69, 9.17) is 0 Å². The molecule has 2 aromatic carbocycles. The van der Waals surface area contributed by atoms with Crippen LogP contribution in [-0.4, -0.2) is 32.0 Å². The molecule has 0 fully saturated rings. The highest BCUT2D eigenvalue weighted by atomic mass is 19.4. The van der Waals surface area contributed by atoms with Crippen LogP contribution in [0.4, 0.5) is 13.2 Å². The number of hydrogen-bond donors (Lipinski definition) is 2. The van der Waals surface area contributed by atoms with E-state index in [1.165, 1.54) is 11.6 Å². The van der Waals surface area contributed by atoms with Gasteiger partial charge in [0.1, 0.15) is 0 Å². The number of nitrogens with one attached hydrogen (secondary N) is 2. The Morgan fingerprint density at radius 3 is 2.04 bits per heavy atom. The van der Waals surface area contributed by atoms with Crippen molar-refractivity contribution >= 4 is 5.96 Å². The van der Waals surface area contributed by atoms with Crippen molar-refractivity contribution in [1.82, 2.24) is 15.5 Å². The van der Waals surface area contributed by atoms with Crippen molar-refractivity contribution in [3.63, 3.8) is 0 Å². The number of alkyl halides is 3. The normalized spacial score (nSPS) is 12.3. The van der Waals surface area contributed by atoms with Gasteiger partial charge in [0, 0.05) is 26.7 Å². The highest BCUT2D eigenvalue weighted by Gasteiger charge is 2.30. The first-order chi connectivity index (χ1) is 12.8. The molecule has 0 aromatic heterocycles. The van der Waals surface area contributed by atoms with Crippen LogP contribution >= 0.6 is 0 Å². The molecule has 0 radical (unpaired) electrons.